The number of hydrogen-bond acceptors (Lipinski definition) is 4. The van der Waals surface area contributed by atoms with E-state index in [4.69, 9.17) is 9.84 Å². The third-order valence-corrected chi connectivity index (χ3v) is 3.14. The molecule has 7 nitrogen and oxygen atoms in total. The van der Waals surface area contributed by atoms with Gasteiger partial charge in [0.1, 0.15) is 6.04 Å². The molecule has 0 aliphatic heterocycles. The minimum atomic E-state index is -0.902. The summed E-state index contributed by atoms with van der Waals surface area (Å²) >= 11 is 0. The van der Waals surface area contributed by atoms with E-state index in [1.807, 2.05) is 0 Å². The number of esters is 1. The van der Waals surface area contributed by atoms with Gasteiger partial charge in [-0.05, 0) is 26.7 Å². The number of ether oxygens (including phenoxy) is 1. The van der Waals surface area contributed by atoms with Crippen molar-refractivity contribution in [1.29, 1.82) is 0 Å². The van der Waals surface area contributed by atoms with E-state index in [-0.39, 0.29) is 12.6 Å². The zero-order chi connectivity index (χ0) is 14.4. The van der Waals surface area contributed by atoms with Gasteiger partial charge in [0.15, 0.2) is 0 Å². The predicted molar refractivity (Wildman–Crippen MR) is 66.5 cm³/mol. The third kappa shape index (κ3) is 4.42. The van der Waals surface area contributed by atoms with Crippen molar-refractivity contribution >= 4 is 18.0 Å². The molecule has 1 fully saturated rings. The number of nitrogens with one attached hydrogen (secondary N) is 2. The Morgan fingerprint density at radius 2 is 2.05 bits per heavy atom. The minimum absolute atomic E-state index is 0.246. The van der Waals surface area contributed by atoms with Crippen LogP contribution in [0.1, 0.15) is 33.1 Å². The van der Waals surface area contributed by atoms with E-state index in [1.165, 1.54) is 6.92 Å². The lowest BCUT2D eigenvalue weighted by Gasteiger charge is -2.19. The van der Waals surface area contributed by atoms with Gasteiger partial charge in [0, 0.05) is 6.04 Å². The maximum atomic E-state index is 11.7. The van der Waals surface area contributed by atoms with Gasteiger partial charge in [-0.3, -0.25) is 4.79 Å². The summed E-state index contributed by atoms with van der Waals surface area (Å²) in [6.07, 6.45) is 1.97. The zero-order valence-corrected chi connectivity index (χ0v) is 11.1. The molecule has 108 valence electrons. The Labute approximate surface area is 111 Å². The molecular formula is C12H20N2O5. The van der Waals surface area contributed by atoms with Crippen LogP contribution in [-0.4, -0.2) is 41.8 Å². The molecule has 19 heavy (non-hydrogen) atoms. The lowest BCUT2D eigenvalue weighted by atomic mass is 10.0. The number of amides is 2. The number of carboxylic acids is 1. The van der Waals surface area contributed by atoms with E-state index >= 15 is 0 Å². The Morgan fingerprint density at radius 3 is 2.63 bits per heavy atom. The molecule has 2 amide bonds. The highest BCUT2D eigenvalue weighted by molar-refractivity contribution is 5.83. The number of carbonyl (C=O) groups excluding carboxylic acids is 2. The van der Waals surface area contributed by atoms with Gasteiger partial charge in [-0.25, -0.2) is 9.59 Å². The van der Waals surface area contributed by atoms with Crippen molar-refractivity contribution in [2.45, 2.75) is 45.2 Å². The van der Waals surface area contributed by atoms with Crippen LogP contribution in [0.3, 0.4) is 0 Å². The van der Waals surface area contributed by atoms with Crippen LogP contribution >= 0.6 is 0 Å². The molecule has 3 N–H and O–H groups in total. The van der Waals surface area contributed by atoms with Gasteiger partial charge in [-0.2, -0.15) is 0 Å². The van der Waals surface area contributed by atoms with E-state index in [0.29, 0.717) is 12.8 Å². The van der Waals surface area contributed by atoms with Crippen LogP contribution in [-0.2, 0) is 14.3 Å². The minimum Gasteiger partial charge on any atom is -0.481 e. The van der Waals surface area contributed by atoms with Crippen LogP contribution in [0.2, 0.25) is 0 Å². The van der Waals surface area contributed by atoms with Crippen LogP contribution in [0.15, 0.2) is 0 Å². The van der Waals surface area contributed by atoms with Gasteiger partial charge >= 0.3 is 18.0 Å². The molecule has 0 aromatic rings. The molecule has 0 aromatic carbocycles. The number of carbonyl (C=O) groups is 3. The molecule has 0 aromatic heterocycles. The summed E-state index contributed by atoms with van der Waals surface area (Å²) in [7, 11) is 0. The Hall–Kier alpha value is -1.79. The van der Waals surface area contributed by atoms with E-state index in [0.717, 1.165) is 6.42 Å². The first-order valence-corrected chi connectivity index (χ1v) is 6.42. The van der Waals surface area contributed by atoms with E-state index in [1.54, 1.807) is 6.92 Å². The first kappa shape index (κ1) is 15.3. The molecule has 3 unspecified atom stereocenters. The third-order valence-electron chi connectivity index (χ3n) is 3.14. The normalized spacial score (nSPS) is 23.5. The molecular weight excluding hydrogens is 252 g/mol. The smallest absolute Gasteiger partial charge is 0.328 e. The molecule has 0 bridgehead atoms. The summed E-state index contributed by atoms with van der Waals surface area (Å²) in [5.41, 5.74) is 0. The Balaban J connectivity index is 2.42. The fourth-order valence-corrected chi connectivity index (χ4v) is 2.16. The molecule has 1 aliphatic rings. The second-order valence-electron chi connectivity index (χ2n) is 4.57. The maximum Gasteiger partial charge on any atom is 0.328 e. The zero-order valence-electron chi connectivity index (χ0n) is 11.1. The Bertz CT molecular complexity index is 358. The molecule has 0 spiro atoms. The van der Waals surface area contributed by atoms with Crippen LogP contribution < -0.4 is 10.6 Å². The maximum absolute atomic E-state index is 11.7. The molecule has 7 heteroatoms. The fraction of sp³-hybridized carbons (Fsp3) is 0.750. The van der Waals surface area contributed by atoms with Gasteiger partial charge in [0.2, 0.25) is 0 Å². The molecule has 1 rings (SSSR count). The molecule has 1 aliphatic carbocycles. The molecule has 1 saturated carbocycles. The summed E-state index contributed by atoms with van der Waals surface area (Å²) in [5, 5.41) is 14.0. The Morgan fingerprint density at radius 1 is 1.37 bits per heavy atom. The predicted octanol–water partition coefficient (Wildman–Crippen LogP) is 0.491. The largest absolute Gasteiger partial charge is 0.481 e. The van der Waals surface area contributed by atoms with Gasteiger partial charge < -0.3 is 20.5 Å². The summed E-state index contributed by atoms with van der Waals surface area (Å²) in [6, 6.07) is -1.68. The number of aliphatic carboxylic acids is 1. The van der Waals surface area contributed by atoms with E-state index < -0.39 is 29.9 Å². The van der Waals surface area contributed by atoms with Crippen molar-refractivity contribution in [3.8, 4) is 0 Å². The average Bonchev–Trinajstić information content (AvgIpc) is 2.77. The SMILES string of the molecule is CCOC(=O)C(C)NC(=O)NC1CCCC1C(=O)O. The van der Waals surface area contributed by atoms with Crippen molar-refractivity contribution in [1.82, 2.24) is 10.6 Å². The van der Waals surface area contributed by atoms with Crippen molar-refractivity contribution in [2.24, 2.45) is 5.92 Å². The monoisotopic (exact) mass is 272 g/mol. The summed E-state index contributed by atoms with van der Waals surface area (Å²) in [5.74, 6) is -1.97. The first-order valence-electron chi connectivity index (χ1n) is 6.42. The first-order chi connectivity index (χ1) is 8.95. The van der Waals surface area contributed by atoms with Gasteiger partial charge in [0.05, 0.1) is 12.5 Å². The lowest BCUT2D eigenvalue weighted by molar-refractivity contribution is -0.145. The summed E-state index contributed by atoms with van der Waals surface area (Å²) in [4.78, 5) is 34.0. The van der Waals surface area contributed by atoms with Gasteiger partial charge in [-0.1, -0.05) is 6.42 Å². The van der Waals surface area contributed by atoms with Crippen molar-refractivity contribution in [2.75, 3.05) is 6.61 Å². The lowest BCUT2D eigenvalue weighted by Crippen LogP contribution is -2.50. The fourth-order valence-electron chi connectivity index (χ4n) is 2.16. The van der Waals surface area contributed by atoms with E-state index in [2.05, 4.69) is 10.6 Å². The van der Waals surface area contributed by atoms with Crippen LogP contribution in [0, 0.1) is 5.92 Å². The van der Waals surface area contributed by atoms with E-state index in [9.17, 15) is 14.4 Å². The van der Waals surface area contributed by atoms with Crippen molar-refractivity contribution in [3.63, 3.8) is 0 Å². The molecule has 0 saturated heterocycles. The number of carboxylic acid groups (broad SMARTS) is 1. The van der Waals surface area contributed by atoms with Crippen molar-refractivity contribution < 1.29 is 24.2 Å². The molecule has 3 atom stereocenters. The van der Waals surface area contributed by atoms with Crippen molar-refractivity contribution in [3.05, 3.63) is 0 Å². The number of urea groups is 1. The van der Waals surface area contributed by atoms with Crippen LogP contribution in [0.25, 0.3) is 0 Å². The Kier molecular flexibility index (Phi) is 5.59. The highest BCUT2D eigenvalue weighted by Gasteiger charge is 2.34. The summed E-state index contributed by atoms with van der Waals surface area (Å²) < 4.78 is 4.76. The standard InChI is InChI=1S/C12H20N2O5/c1-3-19-11(17)7(2)13-12(18)14-9-6-4-5-8(9)10(15)16/h7-9H,3-6H2,1-2H3,(H,15,16)(H2,13,14,18). The second-order valence-corrected chi connectivity index (χ2v) is 4.57. The number of rotatable bonds is 5. The second kappa shape index (κ2) is 6.96. The highest BCUT2D eigenvalue weighted by Crippen LogP contribution is 2.25. The topological polar surface area (TPSA) is 105 Å². The average molecular weight is 272 g/mol. The number of hydrogen-bond donors (Lipinski definition) is 3. The molecule has 0 heterocycles. The van der Waals surface area contributed by atoms with Gasteiger partial charge in [0.25, 0.3) is 0 Å². The molecule has 0 radical (unpaired) electrons. The highest BCUT2D eigenvalue weighted by atomic mass is 16.5. The summed E-state index contributed by atoms with van der Waals surface area (Å²) in [6.45, 7) is 3.44. The van der Waals surface area contributed by atoms with Crippen LogP contribution in [0.5, 0.6) is 0 Å². The van der Waals surface area contributed by atoms with Gasteiger partial charge in [-0.15, -0.1) is 0 Å². The van der Waals surface area contributed by atoms with Crippen LogP contribution in [0.4, 0.5) is 4.79 Å². The quantitative estimate of drug-likeness (QED) is 0.632.